The minimum Gasteiger partial charge on any atom is -0.497 e. The van der Waals surface area contributed by atoms with Crippen molar-refractivity contribution in [1.82, 2.24) is 9.55 Å². The summed E-state index contributed by atoms with van der Waals surface area (Å²) in [7, 11) is 1.52. The van der Waals surface area contributed by atoms with Crippen molar-refractivity contribution in [2.24, 2.45) is 0 Å². The average Bonchev–Trinajstić information content (AvgIpc) is 2.91. The molecule has 1 aliphatic heterocycles. The molecule has 2 heterocycles. The normalized spacial score (nSPS) is 26.6. The Morgan fingerprint density at radius 1 is 1.23 bits per heavy atom. The van der Waals surface area contributed by atoms with Gasteiger partial charge in [-0.25, -0.2) is 9.18 Å². The Hall–Kier alpha value is -2.14. The van der Waals surface area contributed by atoms with Gasteiger partial charge >= 0.3 is 5.69 Å². The highest BCUT2D eigenvalue weighted by atomic mass is 32.2. The first kappa shape index (κ1) is 18.6. The standard InChI is InChI=1S/C16H17FN2O6S/c1-24-8-2-4-9(5-3-8)26-14(17)13-11(21)12(22)15(25-13)19-7-6-10(20)18-16(19)23/h2-7,11-15,21-22H,1H3,(H,18,20,23)/t11-,12+,13-,14?,15+/m0/s1. The summed E-state index contributed by atoms with van der Waals surface area (Å²) < 4.78 is 26.0. The van der Waals surface area contributed by atoms with Gasteiger partial charge in [0.1, 0.15) is 24.1 Å². The molecule has 0 aliphatic carbocycles. The van der Waals surface area contributed by atoms with Gasteiger partial charge in [-0.15, -0.1) is 0 Å². The number of benzene rings is 1. The van der Waals surface area contributed by atoms with Gasteiger partial charge in [0.2, 0.25) is 0 Å². The Labute approximate surface area is 151 Å². The van der Waals surface area contributed by atoms with Gasteiger partial charge in [-0.3, -0.25) is 14.3 Å². The summed E-state index contributed by atoms with van der Waals surface area (Å²) in [5.41, 5.74) is -3.14. The molecule has 1 aliphatic rings. The molecule has 26 heavy (non-hydrogen) atoms. The number of alkyl halides is 1. The molecule has 1 saturated heterocycles. The van der Waals surface area contributed by atoms with Crippen LogP contribution in [0.5, 0.6) is 5.75 Å². The molecule has 5 atom stereocenters. The Kier molecular flexibility index (Phi) is 5.47. The summed E-state index contributed by atoms with van der Waals surface area (Å²) in [6.07, 6.45) is -4.62. The van der Waals surface area contributed by atoms with E-state index in [0.29, 0.717) is 10.6 Å². The summed E-state index contributed by atoms with van der Waals surface area (Å²) in [4.78, 5) is 25.6. The fourth-order valence-corrected chi connectivity index (χ4v) is 3.52. The van der Waals surface area contributed by atoms with E-state index in [2.05, 4.69) is 0 Å². The third kappa shape index (κ3) is 3.68. The summed E-state index contributed by atoms with van der Waals surface area (Å²) >= 11 is 0.806. The third-order valence-electron chi connectivity index (χ3n) is 3.97. The van der Waals surface area contributed by atoms with E-state index in [1.807, 2.05) is 4.98 Å². The molecule has 2 aromatic rings. The first-order valence-electron chi connectivity index (χ1n) is 7.68. The van der Waals surface area contributed by atoms with Crippen molar-refractivity contribution >= 4 is 11.8 Å². The molecule has 0 spiro atoms. The van der Waals surface area contributed by atoms with E-state index in [9.17, 15) is 24.2 Å². The molecule has 3 N–H and O–H groups in total. The number of methoxy groups -OCH3 is 1. The van der Waals surface area contributed by atoms with E-state index in [4.69, 9.17) is 9.47 Å². The monoisotopic (exact) mass is 384 g/mol. The molecule has 1 aromatic carbocycles. The van der Waals surface area contributed by atoms with Crippen LogP contribution < -0.4 is 16.0 Å². The van der Waals surface area contributed by atoms with Crippen molar-refractivity contribution in [3.8, 4) is 5.75 Å². The molecule has 0 amide bonds. The maximum absolute atomic E-state index is 14.6. The number of hydrogen-bond donors (Lipinski definition) is 3. The summed E-state index contributed by atoms with van der Waals surface area (Å²) in [5, 5.41) is 20.3. The number of H-pyrrole nitrogens is 1. The Morgan fingerprint density at radius 2 is 1.92 bits per heavy atom. The molecule has 140 valence electrons. The zero-order valence-corrected chi connectivity index (χ0v) is 14.4. The Balaban J connectivity index is 1.75. The van der Waals surface area contributed by atoms with Gasteiger partial charge in [0.25, 0.3) is 5.56 Å². The highest BCUT2D eigenvalue weighted by Gasteiger charge is 2.48. The number of aromatic nitrogens is 2. The van der Waals surface area contributed by atoms with Crippen LogP contribution in [-0.2, 0) is 4.74 Å². The summed E-state index contributed by atoms with van der Waals surface area (Å²) in [6.45, 7) is 0. The van der Waals surface area contributed by atoms with E-state index in [1.165, 1.54) is 7.11 Å². The topological polar surface area (TPSA) is 114 Å². The van der Waals surface area contributed by atoms with Crippen molar-refractivity contribution in [2.75, 3.05) is 7.11 Å². The lowest BCUT2D eigenvalue weighted by Gasteiger charge is -2.19. The smallest absolute Gasteiger partial charge is 0.330 e. The quantitative estimate of drug-likeness (QED) is 0.634. The maximum atomic E-state index is 14.6. The van der Waals surface area contributed by atoms with Crippen LogP contribution in [0, 0.1) is 0 Å². The largest absolute Gasteiger partial charge is 0.497 e. The van der Waals surface area contributed by atoms with Crippen LogP contribution >= 0.6 is 11.8 Å². The summed E-state index contributed by atoms with van der Waals surface area (Å²) in [6, 6.07) is 7.70. The lowest BCUT2D eigenvalue weighted by molar-refractivity contribution is -0.0504. The zero-order chi connectivity index (χ0) is 18.8. The first-order chi connectivity index (χ1) is 12.4. The molecule has 8 nitrogen and oxygen atoms in total. The van der Waals surface area contributed by atoms with Crippen LogP contribution in [0.15, 0.2) is 51.0 Å². The molecular weight excluding hydrogens is 367 g/mol. The number of halogens is 1. The number of ether oxygens (including phenoxy) is 2. The van der Waals surface area contributed by atoms with Crippen molar-refractivity contribution in [3.63, 3.8) is 0 Å². The number of aromatic amines is 1. The molecule has 0 radical (unpaired) electrons. The van der Waals surface area contributed by atoms with E-state index in [1.54, 1.807) is 24.3 Å². The number of aliphatic hydroxyl groups is 2. The van der Waals surface area contributed by atoms with Crippen LogP contribution in [-0.4, -0.2) is 50.7 Å². The van der Waals surface area contributed by atoms with E-state index < -0.39 is 41.3 Å². The van der Waals surface area contributed by atoms with E-state index in [-0.39, 0.29) is 0 Å². The minimum atomic E-state index is -1.70. The Morgan fingerprint density at radius 3 is 2.54 bits per heavy atom. The van der Waals surface area contributed by atoms with E-state index in [0.717, 1.165) is 28.6 Å². The first-order valence-corrected chi connectivity index (χ1v) is 8.56. The average molecular weight is 384 g/mol. The third-order valence-corrected chi connectivity index (χ3v) is 5.00. The number of nitrogens with one attached hydrogen (secondary N) is 1. The molecule has 10 heteroatoms. The highest BCUT2D eigenvalue weighted by molar-refractivity contribution is 7.99. The molecule has 0 bridgehead atoms. The predicted molar refractivity (Wildman–Crippen MR) is 91.0 cm³/mol. The molecule has 0 saturated carbocycles. The molecule has 1 unspecified atom stereocenters. The highest BCUT2D eigenvalue weighted by Crippen LogP contribution is 2.37. The van der Waals surface area contributed by atoms with Crippen molar-refractivity contribution in [2.45, 2.75) is 34.9 Å². The maximum Gasteiger partial charge on any atom is 0.330 e. The minimum absolute atomic E-state index is 0.577. The number of hydrogen-bond acceptors (Lipinski definition) is 7. The lowest BCUT2D eigenvalue weighted by Crippen LogP contribution is -2.38. The second kappa shape index (κ2) is 7.62. The molecule has 1 aromatic heterocycles. The Bertz CT molecular complexity index is 870. The number of nitrogens with zero attached hydrogens (tertiary/aromatic N) is 1. The van der Waals surface area contributed by atoms with Gasteiger partial charge in [-0.1, -0.05) is 11.8 Å². The number of thioether (sulfide) groups is 1. The molecule has 3 rings (SSSR count). The second-order valence-corrected chi connectivity index (χ2v) is 6.79. The van der Waals surface area contributed by atoms with Gasteiger partial charge < -0.3 is 19.7 Å². The lowest BCUT2D eigenvalue weighted by atomic mass is 10.1. The van der Waals surface area contributed by atoms with Gasteiger partial charge in [-0.05, 0) is 24.3 Å². The second-order valence-electron chi connectivity index (χ2n) is 5.63. The molecule has 1 fully saturated rings. The van der Waals surface area contributed by atoms with Crippen LogP contribution in [0.2, 0.25) is 0 Å². The van der Waals surface area contributed by atoms with Gasteiger partial charge in [0.15, 0.2) is 11.7 Å². The van der Waals surface area contributed by atoms with Crippen LogP contribution in [0.25, 0.3) is 0 Å². The molecular formula is C16H17FN2O6S. The van der Waals surface area contributed by atoms with Crippen LogP contribution in [0.3, 0.4) is 0 Å². The number of rotatable bonds is 5. The van der Waals surface area contributed by atoms with Gasteiger partial charge in [0.05, 0.1) is 7.11 Å². The number of aliphatic hydroxyl groups excluding tert-OH is 2. The zero-order valence-electron chi connectivity index (χ0n) is 13.6. The van der Waals surface area contributed by atoms with Gasteiger partial charge in [-0.2, -0.15) is 0 Å². The summed E-state index contributed by atoms with van der Waals surface area (Å²) in [5.74, 6) is 0.620. The van der Waals surface area contributed by atoms with Gasteiger partial charge in [0, 0.05) is 17.2 Å². The SMILES string of the molecule is COc1ccc(SC(F)[C@H]2O[C@@H](n3ccc(=O)[nH]c3=O)[C@H](O)[C@@H]2O)cc1. The van der Waals surface area contributed by atoms with Crippen LogP contribution in [0.1, 0.15) is 6.23 Å². The fraction of sp³-hybridized carbons (Fsp3) is 0.375. The fourth-order valence-electron chi connectivity index (χ4n) is 2.61. The van der Waals surface area contributed by atoms with Crippen molar-refractivity contribution < 1.29 is 24.1 Å². The van der Waals surface area contributed by atoms with E-state index >= 15 is 0 Å². The predicted octanol–water partition coefficient (Wildman–Crippen LogP) is 0.252. The van der Waals surface area contributed by atoms with Crippen molar-refractivity contribution in [3.05, 3.63) is 57.4 Å². The van der Waals surface area contributed by atoms with Crippen molar-refractivity contribution in [1.29, 1.82) is 0 Å². The van der Waals surface area contributed by atoms with Crippen LogP contribution in [0.4, 0.5) is 4.39 Å².